The third-order valence-corrected chi connectivity index (χ3v) is 12.8. The van der Waals surface area contributed by atoms with Crippen LogP contribution in [-0.2, 0) is 26.5 Å². The second-order valence-electron chi connectivity index (χ2n) is 13.5. The van der Waals surface area contributed by atoms with Gasteiger partial charge in [-0.05, 0) is 61.8 Å². The van der Waals surface area contributed by atoms with Crippen LogP contribution in [0.3, 0.4) is 0 Å². The number of carbonyl (C=O) groups is 2. The van der Waals surface area contributed by atoms with Crippen LogP contribution in [0, 0.1) is 5.92 Å². The molecular formula is C35H40N4O6Si. The third-order valence-electron chi connectivity index (χ3n) is 10.3. The quantitative estimate of drug-likeness (QED) is 0.262. The molecule has 1 spiro atoms. The van der Waals surface area contributed by atoms with E-state index in [1.807, 2.05) is 86.7 Å². The van der Waals surface area contributed by atoms with Gasteiger partial charge in [0, 0.05) is 23.6 Å². The number of hydrogen-bond acceptors (Lipinski definition) is 6. The predicted octanol–water partition coefficient (Wildman–Crippen LogP) is 4.04. The number of hydrogen-bond donors (Lipinski definition) is 3. The van der Waals surface area contributed by atoms with Gasteiger partial charge in [-0.1, -0.05) is 49.4 Å². The number of rotatable bonds is 7. The van der Waals surface area contributed by atoms with E-state index in [-0.39, 0.29) is 54.4 Å². The number of aliphatic hydroxyl groups is 1. The first-order valence-electron chi connectivity index (χ1n) is 16.1. The number of benzene rings is 3. The van der Waals surface area contributed by atoms with Crippen LogP contribution in [-0.4, -0.2) is 70.0 Å². The molecule has 240 valence electrons. The molecule has 2 amide bonds. The molecule has 10 nitrogen and oxygen atoms in total. The minimum Gasteiger partial charge on any atom is -0.432 e. The van der Waals surface area contributed by atoms with Gasteiger partial charge < -0.3 is 24.4 Å². The number of aromatic nitrogens is 2. The van der Waals surface area contributed by atoms with Gasteiger partial charge in [0.2, 0.25) is 5.91 Å². The average Bonchev–Trinajstić information content (AvgIpc) is 3.78. The summed E-state index contributed by atoms with van der Waals surface area (Å²) in [5, 5.41) is 13.6. The van der Waals surface area contributed by atoms with Crippen molar-refractivity contribution in [3.05, 3.63) is 94.3 Å². The van der Waals surface area contributed by atoms with Crippen LogP contribution < -0.4 is 10.5 Å². The highest BCUT2D eigenvalue weighted by Gasteiger charge is 2.66. The molecule has 3 aliphatic heterocycles. The molecule has 11 heteroatoms. The number of amides is 2. The van der Waals surface area contributed by atoms with Crippen molar-refractivity contribution in [1.82, 2.24) is 14.7 Å². The number of aromatic amines is 1. The Labute approximate surface area is 268 Å². The Bertz CT molecular complexity index is 1880. The van der Waals surface area contributed by atoms with Gasteiger partial charge in [-0.2, -0.15) is 0 Å². The Hall–Kier alpha value is -4.03. The fourth-order valence-electron chi connectivity index (χ4n) is 8.25. The second-order valence-corrected chi connectivity index (χ2v) is 17.5. The van der Waals surface area contributed by atoms with Crippen molar-refractivity contribution in [3.8, 4) is 5.69 Å². The summed E-state index contributed by atoms with van der Waals surface area (Å²) in [6.07, 6.45) is 0.988. The predicted molar refractivity (Wildman–Crippen MR) is 177 cm³/mol. The van der Waals surface area contributed by atoms with E-state index in [4.69, 9.17) is 4.74 Å². The molecule has 2 saturated heterocycles. The zero-order chi connectivity index (χ0) is 32.4. The zero-order valence-electron chi connectivity index (χ0n) is 26.3. The molecule has 46 heavy (non-hydrogen) atoms. The van der Waals surface area contributed by atoms with Crippen LogP contribution >= 0.6 is 0 Å². The lowest BCUT2D eigenvalue weighted by molar-refractivity contribution is -0.150. The van der Waals surface area contributed by atoms with E-state index >= 15 is 0 Å². The molecule has 5 atom stereocenters. The van der Waals surface area contributed by atoms with Gasteiger partial charge in [-0.15, -0.1) is 0 Å². The highest BCUT2D eigenvalue weighted by molar-refractivity contribution is 6.71. The Morgan fingerprint density at radius 3 is 2.59 bits per heavy atom. The Morgan fingerprint density at radius 1 is 1.07 bits per heavy atom. The van der Waals surface area contributed by atoms with Gasteiger partial charge in [-0.25, -0.2) is 4.68 Å². The van der Waals surface area contributed by atoms with Gasteiger partial charge in [-0.3, -0.25) is 19.5 Å². The van der Waals surface area contributed by atoms with Crippen molar-refractivity contribution in [3.63, 3.8) is 0 Å². The van der Waals surface area contributed by atoms with Gasteiger partial charge in [0.05, 0.1) is 54.0 Å². The van der Waals surface area contributed by atoms with E-state index in [9.17, 15) is 24.3 Å². The molecule has 3 aromatic carbocycles. The van der Waals surface area contributed by atoms with Crippen LogP contribution in [0.5, 0.6) is 0 Å². The number of aliphatic hydroxyl groups excluding tert-OH is 1. The Morgan fingerprint density at radius 2 is 1.83 bits per heavy atom. The topological polar surface area (TPSA) is 128 Å². The normalized spacial score (nSPS) is 26.1. The molecule has 0 saturated carbocycles. The van der Waals surface area contributed by atoms with E-state index in [0.29, 0.717) is 17.6 Å². The van der Waals surface area contributed by atoms with E-state index < -0.39 is 20.0 Å². The average molecular weight is 641 g/mol. The van der Waals surface area contributed by atoms with Gasteiger partial charge in [0.1, 0.15) is 0 Å². The minimum atomic E-state index is -2.94. The molecule has 3 N–H and O–H groups in total. The van der Waals surface area contributed by atoms with E-state index in [1.54, 1.807) is 15.9 Å². The SMILES string of the molecule is C[C@H]1[C@H]([Si](C)(C)O)[C@@H](CC(=O)N2CCC[C@H]2CO)O[C@]12C(=O)N(Cc1cccc(-n3[nH]c4ccccc4c3=O)c1)c1ccccc12. The monoisotopic (exact) mass is 640 g/mol. The van der Waals surface area contributed by atoms with Crippen LogP contribution in [0.4, 0.5) is 5.69 Å². The summed E-state index contributed by atoms with van der Waals surface area (Å²) in [7, 11) is -2.94. The second kappa shape index (κ2) is 11.3. The number of carbonyl (C=O) groups excluding carboxylic acids is 2. The fourth-order valence-corrected chi connectivity index (χ4v) is 10.8. The molecule has 7 rings (SSSR count). The highest BCUT2D eigenvalue weighted by atomic mass is 28.4. The fraction of sp³-hybridized carbons (Fsp3) is 0.400. The first kappa shape index (κ1) is 30.6. The number of likely N-dealkylation sites (tertiary alicyclic amines) is 1. The standard InChI is InChI=1S/C35H40N4O6Si/c1-22-32(46(2,3)44)30(19-31(41)37-17-9-12-25(37)21-40)45-35(22)27-14-5-7-16-29(27)38(34(35)43)20-23-10-8-11-24(18-23)39-33(42)26-13-4-6-15-28(26)36-39/h4-8,10-11,13-16,18,22,25,30,32,36,40,44H,9,12,17,19-21H2,1-3H3/t22-,25-,30+,32-,35+/m0/s1. The van der Waals surface area contributed by atoms with Crippen LogP contribution in [0.25, 0.3) is 16.6 Å². The van der Waals surface area contributed by atoms with Crippen molar-refractivity contribution in [2.45, 2.75) is 69.1 Å². The zero-order valence-corrected chi connectivity index (χ0v) is 27.3. The summed E-state index contributed by atoms with van der Waals surface area (Å²) in [4.78, 5) is 56.5. The summed E-state index contributed by atoms with van der Waals surface area (Å²) < 4.78 is 8.35. The molecule has 0 aliphatic carbocycles. The minimum absolute atomic E-state index is 0.0426. The molecule has 2 fully saturated rings. The van der Waals surface area contributed by atoms with Crippen molar-refractivity contribution < 1.29 is 24.2 Å². The van der Waals surface area contributed by atoms with Gasteiger partial charge in [0.25, 0.3) is 11.5 Å². The van der Waals surface area contributed by atoms with Gasteiger partial charge >= 0.3 is 0 Å². The number of H-pyrrole nitrogens is 1. The van der Waals surface area contributed by atoms with E-state index in [0.717, 1.165) is 35.2 Å². The maximum Gasteiger partial charge on any atom is 0.279 e. The molecule has 0 bridgehead atoms. The van der Waals surface area contributed by atoms with Crippen LogP contribution in [0.15, 0.2) is 77.6 Å². The number of anilines is 1. The molecular weight excluding hydrogens is 600 g/mol. The largest absolute Gasteiger partial charge is 0.432 e. The number of nitrogens with zero attached hydrogens (tertiary/aromatic N) is 3. The molecule has 0 unspecified atom stereocenters. The summed E-state index contributed by atoms with van der Waals surface area (Å²) >= 11 is 0. The third kappa shape index (κ3) is 4.76. The molecule has 1 aromatic heterocycles. The molecule has 4 heterocycles. The summed E-state index contributed by atoms with van der Waals surface area (Å²) in [6.45, 7) is 6.41. The van der Waals surface area contributed by atoms with Crippen LogP contribution in [0.2, 0.25) is 18.6 Å². The van der Waals surface area contributed by atoms with Crippen LogP contribution in [0.1, 0.15) is 37.3 Å². The lowest BCUT2D eigenvalue weighted by atomic mass is 9.82. The molecule has 0 radical (unpaired) electrons. The highest BCUT2D eigenvalue weighted by Crippen LogP contribution is 2.59. The Kier molecular flexibility index (Phi) is 7.55. The number of nitrogens with one attached hydrogen (secondary N) is 1. The van der Waals surface area contributed by atoms with Crippen molar-refractivity contribution in [2.75, 3.05) is 18.1 Å². The smallest absolute Gasteiger partial charge is 0.279 e. The van der Waals surface area contributed by atoms with Crippen molar-refractivity contribution in [2.24, 2.45) is 5.92 Å². The number of fused-ring (bicyclic) bond motifs is 3. The van der Waals surface area contributed by atoms with E-state index in [1.165, 1.54) is 4.68 Å². The maximum absolute atomic E-state index is 14.7. The van der Waals surface area contributed by atoms with Crippen molar-refractivity contribution >= 4 is 36.7 Å². The van der Waals surface area contributed by atoms with Crippen molar-refractivity contribution in [1.29, 1.82) is 0 Å². The summed E-state index contributed by atoms with van der Waals surface area (Å²) in [5.74, 6) is -0.727. The summed E-state index contributed by atoms with van der Waals surface area (Å²) in [5.41, 5.74) is 1.83. The first-order chi connectivity index (χ1) is 22.0. The van der Waals surface area contributed by atoms with Gasteiger partial charge in [0.15, 0.2) is 13.9 Å². The molecule has 4 aromatic rings. The van der Waals surface area contributed by atoms with E-state index in [2.05, 4.69) is 5.10 Å². The Balaban J connectivity index is 1.22. The lowest BCUT2D eigenvalue weighted by Gasteiger charge is -2.32. The molecule has 3 aliphatic rings. The maximum atomic E-state index is 14.7. The summed E-state index contributed by atoms with van der Waals surface area (Å²) in [6, 6.07) is 22.3. The lowest BCUT2D eigenvalue weighted by Crippen LogP contribution is -2.46. The number of para-hydroxylation sites is 2. The number of ether oxygens (including phenoxy) is 1. The first-order valence-corrected chi connectivity index (χ1v) is 19.1.